The minimum Gasteiger partial charge on any atom is -0.507 e. The molecule has 2 saturated carbocycles. The Bertz CT molecular complexity index is 1210. The second kappa shape index (κ2) is 8.84. The van der Waals surface area contributed by atoms with E-state index in [0.29, 0.717) is 12.0 Å². The number of aromatic hydroxyl groups is 1. The molecule has 2 unspecified atom stereocenters. The lowest BCUT2D eigenvalue weighted by molar-refractivity contribution is -0.181. The van der Waals surface area contributed by atoms with E-state index in [1.165, 1.54) is 11.0 Å². The van der Waals surface area contributed by atoms with Gasteiger partial charge in [-0.15, -0.1) is 0 Å². The molecule has 1 aromatic rings. The lowest BCUT2D eigenvalue weighted by Gasteiger charge is -2.52. The monoisotopic (exact) mass is 512 g/mol. The summed E-state index contributed by atoms with van der Waals surface area (Å²) >= 11 is 0. The van der Waals surface area contributed by atoms with Crippen LogP contribution in [0.2, 0.25) is 0 Å². The molecule has 0 radical (unpaired) electrons. The Morgan fingerprint density at radius 3 is 2.27 bits per heavy atom. The zero-order valence-corrected chi connectivity index (χ0v) is 22.4. The molecule has 3 aliphatic carbocycles. The molecule has 3 N–H and O–H groups in total. The van der Waals surface area contributed by atoms with E-state index < -0.39 is 69.9 Å². The highest BCUT2D eigenvalue weighted by molar-refractivity contribution is 6.32. The molecule has 2 fully saturated rings. The van der Waals surface area contributed by atoms with Gasteiger partial charge in [0.15, 0.2) is 34.7 Å². The molecule has 37 heavy (non-hydrogen) atoms. The van der Waals surface area contributed by atoms with Crippen LogP contribution in [0.25, 0.3) is 0 Å². The van der Waals surface area contributed by atoms with Crippen molar-refractivity contribution in [3.05, 3.63) is 28.8 Å². The van der Waals surface area contributed by atoms with E-state index in [9.17, 15) is 34.2 Å². The van der Waals surface area contributed by atoms with Gasteiger partial charge in [0.25, 0.3) is 0 Å². The van der Waals surface area contributed by atoms with Gasteiger partial charge in [-0.3, -0.25) is 28.9 Å². The largest absolute Gasteiger partial charge is 0.507 e. The smallest absolute Gasteiger partial charge is 0.238 e. The molecule has 0 saturated heterocycles. The van der Waals surface area contributed by atoms with Gasteiger partial charge in [0.05, 0.1) is 17.5 Å². The first-order chi connectivity index (χ1) is 17.0. The number of nitrogens with one attached hydrogen (secondary N) is 1. The number of hydrogen-bond donors (Lipinski definition) is 3. The van der Waals surface area contributed by atoms with Crippen molar-refractivity contribution in [1.29, 1.82) is 0 Å². The summed E-state index contributed by atoms with van der Waals surface area (Å²) in [4.78, 5) is 69.6. The Kier molecular flexibility index (Phi) is 6.48. The third-order valence-electron chi connectivity index (χ3n) is 8.08. The Hall–Kier alpha value is -2.91. The molecule has 0 aliphatic heterocycles. The molecule has 0 heterocycles. The topological polar surface area (TPSA) is 141 Å². The van der Waals surface area contributed by atoms with E-state index in [-0.39, 0.29) is 23.7 Å². The maximum absolute atomic E-state index is 14.0. The molecular weight excluding hydrogens is 476 g/mol. The molecule has 1 aromatic carbocycles. The average molecular weight is 513 g/mol. The van der Waals surface area contributed by atoms with Gasteiger partial charge in [0.2, 0.25) is 5.91 Å². The lowest BCUT2D eigenvalue weighted by Crippen LogP contribution is -2.74. The molecule has 3 aliphatic rings. The Morgan fingerprint density at radius 1 is 1.11 bits per heavy atom. The molecule has 0 aromatic heterocycles. The number of phenols is 1. The van der Waals surface area contributed by atoms with Crippen molar-refractivity contribution in [3.8, 4) is 5.75 Å². The van der Waals surface area contributed by atoms with Gasteiger partial charge in [0.1, 0.15) is 5.75 Å². The second-order valence-electron chi connectivity index (χ2n) is 12.3. The zero-order chi connectivity index (χ0) is 27.8. The van der Waals surface area contributed by atoms with Gasteiger partial charge in [-0.25, -0.2) is 0 Å². The standard InChI is InChI=1S/C28H36N2O7/c1-12(2)14-8-9-17(31)19-15(14)10-13-11-16-21(30(6)7)23(33)20(26(36)29-27(3,4)5)25(35)28(16,37)24(34)18(13)22(19)32/h8-9,12-13,16,18,20-21,31,37H,10-11H2,1-7H3,(H,29,36)/t13-,16-,18?,20?,21-,28-/m1/s1. The number of likely N-dealkylation sites (N-methyl/N-ethyl adjacent to an activating group) is 1. The van der Waals surface area contributed by atoms with Crippen LogP contribution in [0.1, 0.15) is 68.4 Å². The van der Waals surface area contributed by atoms with Crippen LogP contribution in [0.15, 0.2) is 12.1 Å². The second-order valence-corrected chi connectivity index (χ2v) is 12.3. The predicted molar refractivity (Wildman–Crippen MR) is 134 cm³/mol. The summed E-state index contributed by atoms with van der Waals surface area (Å²) in [6.07, 6.45) is 0.363. The number of Topliss-reactive ketones (excluding diaryl/α,β-unsaturated/α-hetero) is 4. The number of rotatable bonds is 3. The van der Waals surface area contributed by atoms with E-state index in [1.54, 1.807) is 40.9 Å². The number of nitrogens with zero attached hydrogens (tertiary/aromatic N) is 1. The van der Waals surface area contributed by atoms with E-state index >= 15 is 0 Å². The molecule has 0 spiro atoms. The van der Waals surface area contributed by atoms with Gasteiger partial charge in [0, 0.05) is 11.5 Å². The summed E-state index contributed by atoms with van der Waals surface area (Å²) in [6, 6.07) is 2.12. The summed E-state index contributed by atoms with van der Waals surface area (Å²) in [5.74, 6) is -9.42. The first-order valence-corrected chi connectivity index (χ1v) is 12.7. The fourth-order valence-corrected chi connectivity index (χ4v) is 6.59. The zero-order valence-electron chi connectivity index (χ0n) is 22.4. The Morgan fingerprint density at radius 2 is 1.73 bits per heavy atom. The predicted octanol–water partition coefficient (Wildman–Crippen LogP) is 1.42. The molecule has 1 amide bonds. The molecule has 9 nitrogen and oxygen atoms in total. The molecular formula is C28H36N2O7. The van der Waals surface area contributed by atoms with Crippen molar-refractivity contribution in [1.82, 2.24) is 10.2 Å². The van der Waals surface area contributed by atoms with Crippen molar-refractivity contribution in [2.75, 3.05) is 14.1 Å². The summed E-state index contributed by atoms with van der Waals surface area (Å²) in [5, 5.41) is 25.0. The minimum atomic E-state index is -2.68. The summed E-state index contributed by atoms with van der Waals surface area (Å²) < 4.78 is 0. The first-order valence-electron chi connectivity index (χ1n) is 12.7. The van der Waals surface area contributed by atoms with Crippen LogP contribution in [0.3, 0.4) is 0 Å². The fraction of sp³-hybridized carbons (Fsp3) is 0.607. The molecule has 4 rings (SSSR count). The van der Waals surface area contributed by atoms with Crippen LogP contribution in [0.4, 0.5) is 0 Å². The van der Waals surface area contributed by atoms with Crippen LogP contribution < -0.4 is 5.32 Å². The van der Waals surface area contributed by atoms with Crippen molar-refractivity contribution in [2.45, 2.75) is 70.6 Å². The minimum absolute atomic E-state index is 0.0494. The Balaban J connectivity index is 1.84. The number of carbonyl (C=O) groups is 5. The third kappa shape index (κ3) is 4.03. The van der Waals surface area contributed by atoms with Gasteiger partial charge >= 0.3 is 0 Å². The number of ketones is 4. The van der Waals surface area contributed by atoms with Crippen LogP contribution in [0.5, 0.6) is 5.75 Å². The lowest BCUT2D eigenvalue weighted by atomic mass is 9.52. The van der Waals surface area contributed by atoms with Crippen molar-refractivity contribution in [3.63, 3.8) is 0 Å². The van der Waals surface area contributed by atoms with Gasteiger partial charge in [-0.05, 0) is 76.7 Å². The number of benzene rings is 1. The van der Waals surface area contributed by atoms with Gasteiger partial charge in [-0.1, -0.05) is 19.9 Å². The quantitative estimate of drug-likeness (QED) is 0.517. The highest BCUT2D eigenvalue weighted by Gasteiger charge is 2.69. The molecule has 0 bridgehead atoms. The van der Waals surface area contributed by atoms with Crippen molar-refractivity contribution >= 4 is 29.0 Å². The summed E-state index contributed by atoms with van der Waals surface area (Å²) in [5.41, 5.74) is -1.85. The molecule has 200 valence electrons. The van der Waals surface area contributed by atoms with Gasteiger partial charge in [-0.2, -0.15) is 0 Å². The van der Waals surface area contributed by atoms with Gasteiger partial charge < -0.3 is 15.5 Å². The summed E-state index contributed by atoms with van der Waals surface area (Å²) in [6.45, 7) is 9.01. The maximum Gasteiger partial charge on any atom is 0.238 e. The van der Waals surface area contributed by atoms with E-state index in [1.807, 2.05) is 13.8 Å². The van der Waals surface area contributed by atoms with E-state index in [0.717, 1.165) is 5.56 Å². The van der Waals surface area contributed by atoms with Crippen LogP contribution in [0, 0.1) is 23.7 Å². The van der Waals surface area contributed by atoms with E-state index in [4.69, 9.17) is 0 Å². The third-order valence-corrected chi connectivity index (χ3v) is 8.08. The normalized spacial score (nSPS) is 31.8. The number of amides is 1. The molecule has 6 atom stereocenters. The van der Waals surface area contributed by atoms with E-state index in [2.05, 4.69) is 5.32 Å². The highest BCUT2D eigenvalue weighted by Crippen LogP contribution is 2.51. The fourth-order valence-electron chi connectivity index (χ4n) is 6.59. The van der Waals surface area contributed by atoms with Crippen LogP contribution in [-0.4, -0.2) is 75.4 Å². The summed E-state index contributed by atoms with van der Waals surface area (Å²) in [7, 11) is 3.20. The van der Waals surface area contributed by atoms with Crippen LogP contribution >= 0.6 is 0 Å². The number of aliphatic hydroxyl groups is 1. The maximum atomic E-state index is 14.0. The SMILES string of the molecule is CC(C)c1ccc(O)c2c1C[C@@H]1C[C@@H]3[C@@H](N(C)C)C(=O)C(C(=O)NC(C)(C)C)C(=O)[C@]3(O)C(=O)C1C2=O. The van der Waals surface area contributed by atoms with Crippen molar-refractivity contribution in [2.24, 2.45) is 23.7 Å². The number of carbonyl (C=O) groups excluding carboxylic acids is 5. The average Bonchev–Trinajstić information content (AvgIpc) is 2.74. The number of fused-ring (bicyclic) bond motifs is 3. The highest BCUT2D eigenvalue weighted by atomic mass is 16.3. The number of phenolic OH excluding ortho intramolecular Hbond substituents is 1. The Labute approximate surface area is 216 Å². The number of hydrogen-bond acceptors (Lipinski definition) is 8. The molecule has 9 heteroatoms. The first kappa shape index (κ1) is 27.1. The van der Waals surface area contributed by atoms with Crippen molar-refractivity contribution < 1.29 is 34.2 Å². The van der Waals surface area contributed by atoms with Crippen LogP contribution in [-0.2, 0) is 25.6 Å².